The largest absolute Gasteiger partial charge is 0.313 e. The number of thiophene rings is 1. The van der Waals surface area contributed by atoms with Gasteiger partial charge in [-0.2, -0.15) is 5.10 Å². The van der Waals surface area contributed by atoms with Gasteiger partial charge in [-0.05, 0) is 30.5 Å². The summed E-state index contributed by atoms with van der Waals surface area (Å²) in [6.07, 6.45) is 0. The molecule has 0 aliphatic rings. The summed E-state index contributed by atoms with van der Waals surface area (Å²) in [5.74, 6) is 0.675. The predicted octanol–water partition coefficient (Wildman–Crippen LogP) is 3.11. The number of rotatable bonds is 3. The van der Waals surface area contributed by atoms with Crippen LogP contribution in [0.5, 0.6) is 0 Å². The number of aryl methyl sites for hydroxylation is 1. The van der Waals surface area contributed by atoms with Crippen molar-refractivity contribution in [2.45, 2.75) is 6.92 Å². The average Bonchev–Trinajstić information content (AvgIpc) is 3.02. The lowest BCUT2D eigenvalue weighted by atomic mass is 10.4. The number of aromatic nitrogens is 4. The smallest absolute Gasteiger partial charge is 0.211 e. The van der Waals surface area contributed by atoms with Crippen molar-refractivity contribution in [3.63, 3.8) is 0 Å². The zero-order chi connectivity index (χ0) is 12.4. The van der Waals surface area contributed by atoms with Gasteiger partial charge in [0, 0.05) is 0 Å². The summed E-state index contributed by atoms with van der Waals surface area (Å²) in [6, 6.07) is 7.80. The molecular weight excluding hydrogens is 266 g/mol. The van der Waals surface area contributed by atoms with E-state index >= 15 is 0 Å². The van der Waals surface area contributed by atoms with Crippen LogP contribution in [0.2, 0.25) is 0 Å². The third-order valence-corrected chi connectivity index (χ3v) is 4.07. The summed E-state index contributed by atoms with van der Waals surface area (Å²) in [7, 11) is 0. The van der Waals surface area contributed by atoms with Gasteiger partial charge in [0.2, 0.25) is 5.13 Å². The fraction of sp³-hybridized carbons (Fsp3) is 0.0909. The summed E-state index contributed by atoms with van der Waals surface area (Å²) in [5.41, 5.74) is 0.886. The second-order valence-electron chi connectivity index (χ2n) is 3.57. The molecule has 3 heterocycles. The van der Waals surface area contributed by atoms with E-state index in [0.29, 0.717) is 5.82 Å². The quantitative estimate of drug-likeness (QED) is 0.795. The molecule has 0 radical (unpaired) electrons. The molecular formula is C11H9N5S2. The van der Waals surface area contributed by atoms with Gasteiger partial charge in [-0.1, -0.05) is 17.4 Å². The Morgan fingerprint density at radius 1 is 1.06 bits per heavy atom. The highest BCUT2D eigenvalue weighted by atomic mass is 32.1. The Morgan fingerprint density at radius 3 is 2.72 bits per heavy atom. The lowest BCUT2D eigenvalue weighted by molar-refractivity contribution is 0.982. The Kier molecular flexibility index (Phi) is 2.99. The molecule has 0 unspecified atom stereocenters. The van der Waals surface area contributed by atoms with Gasteiger partial charge in [-0.15, -0.1) is 26.6 Å². The maximum absolute atomic E-state index is 4.14. The van der Waals surface area contributed by atoms with E-state index < -0.39 is 0 Å². The van der Waals surface area contributed by atoms with E-state index in [9.17, 15) is 0 Å². The number of hydrogen-bond donors (Lipinski definition) is 1. The van der Waals surface area contributed by atoms with Gasteiger partial charge in [0.25, 0.3) is 0 Å². The Labute approximate surface area is 112 Å². The van der Waals surface area contributed by atoms with Crippen molar-refractivity contribution < 1.29 is 0 Å². The van der Waals surface area contributed by atoms with Crippen molar-refractivity contribution in [3.8, 4) is 9.88 Å². The van der Waals surface area contributed by atoms with Crippen LogP contribution < -0.4 is 5.32 Å². The maximum atomic E-state index is 4.14. The van der Waals surface area contributed by atoms with Crippen LogP contribution in [-0.4, -0.2) is 20.4 Å². The molecule has 3 aromatic rings. The van der Waals surface area contributed by atoms with Crippen LogP contribution in [0.3, 0.4) is 0 Å². The van der Waals surface area contributed by atoms with Crippen LogP contribution in [0.15, 0.2) is 29.6 Å². The molecule has 18 heavy (non-hydrogen) atoms. The molecule has 3 aromatic heterocycles. The van der Waals surface area contributed by atoms with Crippen LogP contribution in [0.4, 0.5) is 10.9 Å². The first-order chi connectivity index (χ1) is 8.81. The van der Waals surface area contributed by atoms with Crippen LogP contribution in [0.1, 0.15) is 5.69 Å². The number of hydrogen-bond acceptors (Lipinski definition) is 7. The van der Waals surface area contributed by atoms with Crippen LogP contribution >= 0.6 is 22.7 Å². The predicted molar refractivity (Wildman–Crippen MR) is 73.3 cm³/mol. The number of nitrogens with one attached hydrogen (secondary N) is 1. The molecule has 0 saturated carbocycles. The third kappa shape index (κ3) is 2.36. The Bertz CT molecular complexity index is 630. The summed E-state index contributed by atoms with van der Waals surface area (Å²) < 4.78 is 0. The molecule has 90 valence electrons. The zero-order valence-electron chi connectivity index (χ0n) is 9.49. The summed E-state index contributed by atoms with van der Waals surface area (Å²) in [4.78, 5) is 1.12. The molecule has 3 rings (SSSR count). The molecule has 0 fully saturated rings. The highest BCUT2D eigenvalue weighted by molar-refractivity contribution is 7.22. The zero-order valence-corrected chi connectivity index (χ0v) is 11.1. The van der Waals surface area contributed by atoms with E-state index in [4.69, 9.17) is 0 Å². The van der Waals surface area contributed by atoms with E-state index in [1.807, 2.05) is 36.6 Å². The van der Waals surface area contributed by atoms with Gasteiger partial charge in [0.05, 0.1) is 10.6 Å². The first-order valence-corrected chi connectivity index (χ1v) is 6.95. The summed E-state index contributed by atoms with van der Waals surface area (Å²) in [5, 5.41) is 23.0. The Hall–Kier alpha value is -1.86. The minimum atomic E-state index is 0.675. The van der Waals surface area contributed by atoms with Crippen molar-refractivity contribution in [1.82, 2.24) is 20.4 Å². The fourth-order valence-electron chi connectivity index (χ4n) is 1.35. The standard InChI is InChI=1S/C11H9N5S2/c1-7-4-5-9(14-13-7)12-11-16-15-10(18-11)8-3-2-6-17-8/h2-6H,1H3,(H,12,14,16). The Balaban J connectivity index is 1.80. The van der Waals surface area contributed by atoms with Crippen molar-refractivity contribution >= 4 is 33.6 Å². The second-order valence-corrected chi connectivity index (χ2v) is 5.50. The van der Waals surface area contributed by atoms with Crippen LogP contribution in [0.25, 0.3) is 9.88 Å². The monoisotopic (exact) mass is 275 g/mol. The Morgan fingerprint density at radius 2 is 2.00 bits per heavy atom. The van der Waals surface area contributed by atoms with E-state index in [-0.39, 0.29) is 0 Å². The first kappa shape index (κ1) is 11.2. The lowest BCUT2D eigenvalue weighted by Crippen LogP contribution is -1.95. The summed E-state index contributed by atoms with van der Waals surface area (Å²) >= 11 is 3.15. The minimum absolute atomic E-state index is 0.675. The number of anilines is 2. The molecule has 0 aliphatic carbocycles. The maximum Gasteiger partial charge on any atom is 0.211 e. The molecule has 5 nitrogen and oxygen atoms in total. The van der Waals surface area contributed by atoms with E-state index in [2.05, 4.69) is 25.7 Å². The molecule has 0 atom stereocenters. The first-order valence-electron chi connectivity index (χ1n) is 5.26. The van der Waals surface area contributed by atoms with Gasteiger partial charge < -0.3 is 5.32 Å². The molecule has 0 amide bonds. The van der Waals surface area contributed by atoms with Crippen molar-refractivity contribution in [2.24, 2.45) is 0 Å². The van der Waals surface area contributed by atoms with Crippen molar-refractivity contribution in [3.05, 3.63) is 35.3 Å². The van der Waals surface area contributed by atoms with Crippen molar-refractivity contribution in [1.29, 1.82) is 0 Å². The van der Waals surface area contributed by atoms with E-state index in [1.165, 1.54) is 11.3 Å². The van der Waals surface area contributed by atoms with Gasteiger partial charge in [-0.3, -0.25) is 0 Å². The molecule has 1 N–H and O–H groups in total. The average molecular weight is 275 g/mol. The fourth-order valence-corrected chi connectivity index (χ4v) is 2.89. The van der Waals surface area contributed by atoms with E-state index in [0.717, 1.165) is 20.7 Å². The molecule has 0 saturated heterocycles. The normalized spacial score (nSPS) is 10.5. The molecule has 7 heteroatoms. The number of nitrogens with zero attached hydrogens (tertiary/aromatic N) is 4. The van der Waals surface area contributed by atoms with Crippen molar-refractivity contribution in [2.75, 3.05) is 5.32 Å². The highest BCUT2D eigenvalue weighted by Crippen LogP contribution is 2.30. The van der Waals surface area contributed by atoms with Crippen LogP contribution in [-0.2, 0) is 0 Å². The van der Waals surface area contributed by atoms with Gasteiger partial charge in [-0.25, -0.2) is 0 Å². The lowest BCUT2D eigenvalue weighted by Gasteiger charge is -1.98. The van der Waals surface area contributed by atoms with E-state index in [1.54, 1.807) is 11.3 Å². The molecule has 0 aliphatic heterocycles. The molecule has 0 bridgehead atoms. The third-order valence-electron chi connectivity index (χ3n) is 2.19. The van der Waals surface area contributed by atoms with Gasteiger partial charge in [0.1, 0.15) is 0 Å². The SMILES string of the molecule is Cc1ccc(Nc2nnc(-c3cccs3)s2)nn1. The summed E-state index contributed by atoms with van der Waals surface area (Å²) in [6.45, 7) is 1.90. The highest BCUT2D eigenvalue weighted by Gasteiger charge is 2.07. The molecule has 0 aromatic carbocycles. The van der Waals surface area contributed by atoms with Gasteiger partial charge >= 0.3 is 0 Å². The van der Waals surface area contributed by atoms with Gasteiger partial charge in [0.15, 0.2) is 10.8 Å². The molecule has 0 spiro atoms. The van der Waals surface area contributed by atoms with Crippen LogP contribution in [0, 0.1) is 6.92 Å². The second kappa shape index (κ2) is 4.79. The topological polar surface area (TPSA) is 63.6 Å². The minimum Gasteiger partial charge on any atom is -0.313 e.